The van der Waals surface area contributed by atoms with Gasteiger partial charge < -0.3 is 20.1 Å². The number of benzene rings is 1. The first-order valence-corrected chi connectivity index (χ1v) is 10.9. The Morgan fingerprint density at radius 3 is 2.48 bits per heavy atom. The highest BCUT2D eigenvalue weighted by atomic mass is 32.2. The number of para-hydroxylation sites is 2. The van der Waals surface area contributed by atoms with Crippen molar-refractivity contribution in [3.63, 3.8) is 0 Å². The van der Waals surface area contributed by atoms with Gasteiger partial charge in [-0.15, -0.1) is 0 Å². The van der Waals surface area contributed by atoms with Crippen molar-refractivity contribution < 1.29 is 17.9 Å². The molecule has 0 bridgehead atoms. The van der Waals surface area contributed by atoms with Crippen molar-refractivity contribution in [1.29, 1.82) is 0 Å². The summed E-state index contributed by atoms with van der Waals surface area (Å²) in [6.45, 7) is 7.76. The van der Waals surface area contributed by atoms with Crippen molar-refractivity contribution in [2.75, 3.05) is 39.0 Å². The van der Waals surface area contributed by atoms with Crippen molar-refractivity contribution in [2.45, 2.75) is 33.3 Å². The van der Waals surface area contributed by atoms with Gasteiger partial charge in [-0.1, -0.05) is 12.1 Å². The van der Waals surface area contributed by atoms with Gasteiger partial charge >= 0.3 is 0 Å². The van der Waals surface area contributed by atoms with Crippen LogP contribution in [0.1, 0.15) is 27.2 Å². The fraction of sp³-hybridized carbons (Fsp3) is 0.611. The lowest BCUT2D eigenvalue weighted by molar-refractivity contribution is 0.219. The molecule has 0 aliphatic heterocycles. The lowest BCUT2D eigenvalue weighted by Gasteiger charge is -2.16. The van der Waals surface area contributed by atoms with Crippen LogP contribution in [0.3, 0.4) is 0 Å². The van der Waals surface area contributed by atoms with E-state index in [4.69, 9.17) is 9.47 Å². The maximum absolute atomic E-state index is 11.4. The maximum atomic E-state index is 11.4. The molecule has 27 heavy (non-hydrogen) atoms. The first-order chi connectivity index (χ1) is 12.9. The van der Waals surface area contributed by atoms with Gasteiger partial charge in [-0.05, 0) is 39.3 Å². The van der Waals surface area contributed by atoms with E-state index in [1.54, 1.807) is 14.0 Å². The standard InChI is InChI=1S/C18H32N4O4S/c1-5-19-18(20-12-9-13-22-27(23,24)6-2)21-14-15(3)26-17-11-8-7-10-16(17)25-4/h7-8,10-11,15,22H,5-6,9,12-14H2,1-4H3,(H2,19,20,21). The summed E-state index contributed by atoms with van der Waals surface area (Å²) in [6.07, 6.45) is 0.532. The van der Waals surface area contributed by atoms with Crippen LogP contribution in [0.2, 0.25) is 0 Å². The third-order valence-corrected chi connectivity index (χ3v) is 5.00. The Kier molecular flexibility index (Phi) is 10.6. The number of sulfonamides is 1. The monoisotopic (exact) mass is 400 g/mol. The van der Waals surface area contributed by atoms with Crippen LogP contribution in [-0.2, 0) is 10.0 Å². The minimum absolute atomic E-state index is 0.0919. The third kappa shape index (κ3) is 9.48. The molecule has 1 atom stereocenters. The fourth-order valence-corrected chi connectivity index (χ4v) is 2.82. The zero-order valence-electron chi connectivity index (χ0n) is 16.6. The molecule has 3 N–H and O–H groups in total. The van der Waals surface area contributed by atoms with Crippen LogP contribution >= 0.6 is 0 Å². The Morgan fingerprint density at radius 1 is 1.15 bits per heavy atom. The van der Waals surface area contributed by atoms with Crippen molar-refractivity contribution in [3.8, 4) is 11.5 Å². The van der Waals surface area contributed by atoms with Gasteiger partial charge in [0.1, 0.15) is 6.10 Å². The van der Waals surface area contributed by atoms with Crippen molar-refractivity contribution >= 4 is 16.0 Å². The molecule has 8 nitrogen and oxygen atoms in total. The molecule has 0 aliphatic rings. The van der Waals surface area contributed by atoms with Crippen LogP contribution in [0.15, 0.2) is 29.3 Å². The number of guanidine groups is 1. The van der Waals surface area contributed by atoms with E-state index in [-0.39, 0.29) is 11.9 Å². The molecule has 0 radical (unpaired) electrons. The van der Waals surface area contributed by atoms with Crippen LogP contribution in [0, 0.1) is 0 Å². The van der Waals surface area contributed by atoms with Gasteiger partial charge in [0, 0.05) is 19.6 Å². The Bertz CT molecular complexity index is 680. The van der Waals surface area contributed by atoms with Gasteiger partial charge in [-0.2, -0.15) is 0 Å². The van der Waals surface area contributed by atoms with Crippen LogP contribution in [0.5, 0.6) is 11.5 Å². The average Bonchev–Trinajstić information content (AvgIpc) is 2.66. The summed E-state index contributed by atoms with van der Waals surface area (Å²) in [7, 11) is -1.53. The molecular formula is C18H32N4O4S. The minimum Gasteiger partial charge on any atom is -0.493 e. The molecule has 0 spiro atoms. The Balaban J connectivity index is 2.45. The molecule has 1 unspecified atom stereocenters. The van der Waals surface area contributed by atoms with Crippen LogP contribution in [0.4, 0.5) is 0 Å². The highest BCUT2D eigenvalue weighted by Gasteiger charge is 2.09. The Morgan fingerprint density at radius 2 is 1.85 bits per heavy atom. The van der Waals surface area contributed by atoms with E-state index in [0.29, 0.717) is 43.5 Å². The summed E-state index contributed by atoms with van der Waals surface area (Å²) in [6, 6.07) is 7.50. The topological polar surface area (TPSA) is 101 Å². The average molecular weight is 401 g/mol. The van der Waals surface area contributed by atoms with E-state index >= 15 is 0 Å². The minimum atomic E-state index is -3.14. The molecule has 0 saturated carbocycles. The van der Waals surface area contributed by atoms with Crippen LogP contribution in [0.25, 0.3) is 0 Å². The van der Waals surface area contributed by atoms with E-state index in [2.05, 4.69) is 20.3 Å². The lowest BCUT2D eigenvalue weighted by atomic mass is 10.3. The van der Waals surface area contributed by atoms with Crippen molar-refractivity contribution in [2.24, 2.45) is 4.99 Å². The fourth-order valence-electron chi connectivity index (χ4n) is 2.16. The summed E-state index contributed by atoms with van der Waals surface area (Å²) in [5.41, 5.74) is 0. The summed E-state index contributed by atoms with van der Waals surface area (Å²) < 4.78 is 36.5. The zero-order chi connectivity index (χ0) is 20.1. The molecular weight excluding hydrogens is 368 g/mol. The van der Waals surface area contributed by atoms with Crippen LogP contribution < -0.4 is 24.8 Å². The second kappa shape index (κ2) is 12.4. The van der Waals surface area contributed by atoms with Crippen molar-refractivity contribution in [3.05, 3.63) is 24.3 Å². The number of nitrogens with one attached hydrogen (secondary N) is 3. The van der Waals surface area contributed by atoms with Gasteiger partial charge in [-0.25, -0.2) is 18.1 Å². The molecule has 154 valence electrons. The second-order valence-corrected chi connectivity index (χ2v) is 7.97. The number of rotatable bonds is 12. The zero-order valence-corrected chi connectivity index (χ0v) is 17.4. The first-order valence-electron chi connectivity index (χ1n) is 9.21. The molecule has 0 heterocycles. The van der Waals surface area contributed by atoms with E-state index < -0.39 is 10.0 Å². The SMILES string of the molecule is CCNC(=NCC(C)Oc1ccccc1OC)NCCCNS(=O)(=O)CC. The van der Waals surface area contributed by atoms with Gasteiger partial charge in [-0.3, -0.25) is 0 Å². The highest BCUT2D eigenvalue weighted by molar-refractivity contribution is 7.89. The number of ether oxygens (including phenoxy) is 2. The van der Waals surface area contributed by atoms with E-state index in [0.717, 1.165) is 6.54 Å². The predicted octanol–water partition coefficient (Wildman–Crippen LogP) is 1.35. The molecule has 0 aromatic heterocycles. The second-order valence-electron chi connectivity index (χ2n) is 5.88. The van der Waals surface area contributed by atoms with Gasteiger partial charge in [0.15, 0.2) is 17.5 Å². The number of hydrogen-bond acceptors (Lipinski definition) is 5. The molecule has 0 fully saturated rings. The molecule has 1 rings (SSSR count). The highest BCUT2D eigenvalue weighted by Crippen LogP contribution is 2.26. The third-order valence-electron chi connectivity index (χ3n) is 3.60. The summed E-state index contributed by atoms with van der Waals surface area (Å²) in [4.78, 5) is 4.52. The van der Waals surface area contributed by atoms with E-state index in [1.807, 2.05) is 38.1 Å². The van der Waals surface area contributed by atoms with E-state index in [9.17, 15) is 8.42 Å². The van der Waals surface area contributed by atoms with Gasteiger partial charge in [0.25, 0.3) is 0 Å². The number of aliphatic imine (C=N–C) groups is 1. The Labute approximate surface area is 162 Å². The van der Waals surface area contributed by atoms with E-state index in [1.165, 1.54) is 0 Å². The smallest absolute Gasteiger partial charge is 0.211 e. The molecule has 1 aromatic rings. The van der Waals surface area contributed by atoms with Crippen LogP contribution in [-0.4, -0.2) is 59.5 Å². The van der Waals surface area contributed by atoms with Gasteiger partial charge in [0.2, 0.25) is 10.0 Å². The number of hydrogen-bond donors (Lipinski definition) is 3. The molecule has 0 amide bonds. The molecule has 1 aromatic carbocycles. The summed E-state index contributed by atoms with van der Waals surface area (Å²) in [5, 5.41) is 6.35. The predicted molar refractivity (Wildman–Crippen MR) is 109 cm³/mol. The summed E-state index contributed by atoms with van der Waals surface area (Å²) in [5.74, 6) is 2.14. The normalized spacial score (nSPS) is 13.1. The molecule has 9 heteroatoms. The molecule has 0 saturated heterocycles. The first kappa shape index (κ1) is 23.0. The number of methoxy groups -OCH3 is 1. The van der Waals surface area contributed by atoms with Gasteiger partial charge in [0.05, 0.1) is 19.4 Å². The Hall–Kier alpha value is -2.00. The molecule has 0 aliphatic carbocycles. The largest absolute Gasteiger partial charge is 0.493 e. The van der Waals surface area contributed by atoms with Crippen molar-refractivity contribution in [1.82, 2.24) is 15.4 Å². The quantitative estimate of drug-likeness (QED) is 0.278. The number of nitrogens with zero attached hydrogens (tertiary/aromatic N) is 1. The maximum Gasteiger partial charge on any atom is 0.211 e. The lowest BCUT2D eigenvalue weighted by Crippen LogP contribution is -2.39. The summed E-state index contributed by atoms with van der Waals surface area (Å²) >= 11 is 0.